The van der Waals surface area contributed by atoms with E-state index in [1.807, 2.05) is 0 Å². The molecule has 0 amide bonds. The summed E-state index contributed by atoms with van der Waals surface area (Å²) in [6.45, 7) is 5.06. The fourth-order valence-corrected chi connectivity index (χ4v) is 0.620. The molecule has 1 aliphatic rings. The van der Waals surface area contributed by atoms with E-state index in [1.165, 1.54) is 0 Å². The molecule has 8 heavy (non-hydrogen) atoms. The Hall–Kier alpha value is -0.530. The van der Waals surface area contributed by atoms with Crippen LogP contribution in [0.25, 0.3) is 0 Å². The molecule has 0 aromatic carbocycles. The Morgan fingerprint density at radius 3 is 2.75 bits per heavy atom. The first-order valence-electron chi connectivity index (χ1n) is 2.94. The average molecular weight is 113 g/mol. The lowest BCUT2D eigenvalue weighted by molar-refractivity contribution is 0.217. The molecule has 2 nitrogen and oxygen atoms in total. The molecule has 1 heterocycles. The summed E-state index contributed by atoms with van der Waals surface area (Å²) >= 11 is 0. The molecule has 1 rings (SSSR count). The molecule has 0 spiro atoms. The zero-order chi connectivity index (χ0) is 5.98. The fourth-order valence-electron chi connectivity index (χ4n) is 0.620. The summed E-state index contributed by atoms with van der Waals surface area (Å²) in [4.78, 5) is 4.06. The van der Waals surface area contributed by atoms with E-state index in [0.29, 0.717) is 12.0 Å². The molecule has 0 saturated heterocycles. The lowest BCUT2D eigenvalue weighted by Crippen LogP contribution is -2.21. The number of hydrogen-bond donors (Lipinski definition) is 0. The predicted octanol–water partition coefficient (Wildman–Crippen LogP) is 1.07. The van der Waals surface area contributed by atoms with Gasteiger partial charge in [0.15, 0.2) is 6.40 Å². The molecule has 0 fully saturated rings. The summed E-state index contributed by atoms with van der Waals surface area (Å²) in [5.41, 5.74) is 0. The van der Waals surface area contributed by atoms with Crippen LogP contribution >= 0.6 is 0 Å². The van der Waals surface area contributed by atoms with E-state index in [2.05, 4.69) is 18.8 Å². The summed E-state index contributed by atoms with van der Waals surface area (Å²) in [6, 6.07) is 0.448. The molecule has 2 heteroatoms. The van der Waals surface area contributed by atoms with Crippen molar-refractivity contribution in [2.75, 3.05) is 6.61 Å². The summed E-state index contributed by atoms with van der Waals surface area (Å²) in [7, 11) is 0. The Balaban J connectivity index is 2.47. The van der Waals surface area contributed by atoms with Crippen molar-refractivity contribution in [3.8, 4) is 0 Å². The molecule has 0 radical (unpaired) electrons. The smallest absolute Gasteiger partial charge is 0.169 e. The highest BCUT2D eigenvalue weighted by Crippen LogP contribution is 2.09. The van der Waals surface area contributed by atoms with Crippen LogP contribution in [0.4, 0.5) is 0 Å². The largest absolute Gasteiger partial charge is 0.483 e. The van der Waals surface area contributed by atoms with Crippen molar-refractivity contribution in [1.82, 2.24) is 0 Å². The van der Waals surface area contributed by atoms with Gasteiger partial charge in [-0.15, -0.1) is 0 Å². The fraction of sp³-hybridized carbons (Fsp3) is 0.833. The van der Waals surface area contributed by atoms with Gasteiger partial charge in [-0.1, -0.05) is 6.92 Å². The molecule has 2 atom stereocenters. The van der Waals surface area contributed by atoms with Crippen LogP contribution in [-0.2, 0) is 4.74 Å². The molecule has 46 valence electrons. The monoisotopic (exact) mass is 113 g/mol. The van der Waals surface area contributed by atoms with E-state index in [1.54, 1.807) is 6.40 Å². The van der Waals surface area contributed by atoms with Crippen molar-refractivity contribution in [3.63, 3.8) is 0 Å². The average Bonchev–Trinajstić information content (AvgIpc) is 1.77. The third-order valence-electron chi connectivity index (χ3n) is 1.55. The van der Waals surface area contributed by atoms with Crippen molar-refractivity contribution in [1.29, 1.82) is 0 Å². The van der Waals surface area contributed by atoms with Crippen LogP contribution in [0.15, 0.2) is 4.99 Å². The normalized spacial score (nSPS) is 36.8. The van der Waals surface area contributed by atoms with Crippen molar-refractivity contribution < 1.29 is 4.74 Å². The Morgan fingerprint density at radius 1 is 1.62 bits per heavy atom. The van der Waals surface area contributed by atoms with E-state index in [9.17, 15) is 0 Å². The van der Waals surface area contributed by atoms with Crippen LogP contribution in [0.1, 0.15) is 13.8 Å². The van der Waals surface area contributed by atoms with Crippen LogP contribution in [-0.4, -0.2) is 19.0 Å². The van der Waals surface area contributed by atoms with Crippen molar-refractivity contribution >= 4 is 6.40 Å². The maximum atomic E-state index is 4.96. The first-order valence-corrected chi connectivity index (χ1v) is 2.94. The molecular formula is C6H11NO. The van der Waals surface area contributed by atoms with Crippen molar-refractivity contribution in [3.05, 3.63) is 0 Å². The number of nitrogens with zero attached hydrogens (tertiary/aromatic N) is 1. The summed E-state index contributed by atoms with van der Waals surface area (Å²) in [6.07, 6.45) is 1.55. The SMILES string of the molecule is CC1COC=NC1C. The molecular weight excluding hydrogens is 102 g/mol. The van der Waals surface area contributed by atoms with Gasteiger partial charge in [-0.25, -0.2) is 0 Å². The van der Waals surface area contributed by atoms with Gasteiger partial charge >= 0.3 is 0 Å². The van der Waals surface area contributed by atoms with Crippen LogP contribution in [0, 0.1) is 5.92 Å². The third-order valence-corrected chi connectivity index (χ3v) is 1.55. The second-order valence-corrected chi connectivity index (χ2v) is 2.31. The molecule has 0 N–H and O–H groups in total. The Bertz CT molecular complexity index is 101. The third kappa shape index (κ3) is 0.997. The lowest BCUT2D eigenvalue weighted by Gasteiger charge is -2.18. The number of hydrogen-bond acceptors (Lipinski definition) is 2. The van der Waals surface area contributed by atoms with E-state index in [0.717, 1.165) is 6.61 Å². The highest BCUT2D eigenvalue weighted by molar-refractivity contribution is 5.47. The van der Waals surface area contributed by atoms with E-state index < -0.39 is 0 Å². The maximum absolute atomic E-state index is 4.96. The highest BCUT2D eigenvalue weighted by Gasteiger charge is 2.13. The van der Waals surface area contributed by atoms with E-state index in [-0.39, 0.29) is 0 Å². The zero-order valence-corrected chi connectivity index (χ0v) is 5.29. The first-order chi connectivity index (χ1) is 3.80. The van der Waals surface area contributed by atoms with Gasteiger partial charge < -0.3 is 4.74 Å². The van der Waals surface area contributed by atoms with Gasteiger partial charge in [-0.2, -0.15) is 0 Å². The predicted molar refractivity (Wildman–Crippen MR) is 33.1 cm³/mol. The topological polar surface area (TPSA) is 21.6 Å². The minimum Gasteiger partial charge on any atom is -0.483 e. The van der Waals surface area contributed by atoms with Gasteiger partial charge in [-0.05, 0) is 6.92 Å². The maximum Gasteiger partial charge on any atom is 0.169 e. The van der Waals surface area contributed by atoms with E-state index >= 15 is 0 Å². The second-order valence-electron chi connectivity index (χ2n) is 2.31. The molecule has 0 aromatic heterocycles. The molecule has 2 unspecified atom stereocenters. The van der Waals surface area contributed by atoms with Crippen LogP contribution in [0.3, 0.4) is 0 Å². The number of ether oxygens (including phenoxy) is 1. The van der Waals surface area contributed by atoms with Gasteiger partial charge in [0.1, 0.15) is 0 Å². The van der Waals surface area contributed by atoms with Crippen LogP contribution in [0.2, 0.25) is 0 Å². The summed E-state index contributed by atoms with van der Waals surface area (Å²) in [5, 5.41) is 0. The van der Waals surface area contributed by atoms with Gasteiger partial charge in [0.25, 0.3) is 0 Å². The number of aliphatic imine (C=N–C) groups is 1. The minimum absolute atomic E-state index is 0.448. The first kappa shape index (κ1) is 5.60. The summed E-state index contributed by atoms with van der Waals surface area (Å²) < 4.78 is 4.96. The highest BCUT2D eigenvalue weighted by atomic mass is 16.5. The summed E-state index contributed by atoms with van der Waals surface area (Å²) in [5.74, 6) is 0.583. The van der Waals surface area contributed by atoms with Crippen LogP contribution < -0.4 is 0 Å². The Morgan fingerprint density at radius 2 is 2.38 bits per heavy atom. The van der Waals surface area contributed by atoms with Gasteiger partial charge in [0, 0.05) is 5.92 Å². The molecule has 0 bridgehead atoms. The second kappa shape index (κ2) is 2.16. The quantitative estimate of drug-likeness (QED) is 0.460. The standard InChI is InChI=1S/C6H11NO/c1-5-3-8-4-7-6(5)2/h4-6H,3H2,1-2H3. The minimum atomic E-state index is 0.448. The van der Waals surface area contributed by atoms with Gasteiger partial charge in [-0.3, -0.25) is 4.99 Å². The molecule has 0 aromatic rings. The van der Waals surface area contributed by atoms with Gasteiger partial charge in [0.2, 0.25) is 0 Å². The number of rotatable bonds is 0. The lowest BCUT2D eigenvalue weighted by atomic mass is 10.1. The van der Waals surface area contributed by atoms with Crippen molar-refractivity contribution in [2.45, 2.75) is 19.9 Å². The molecule has 0 aliphatic carbocycles. The Labute approximate surface area is 49.6 Å². The molecule has 1 aliphatic heterocycles. The van der Waals surface area contributed by atoms with E-state index in [4.69, 9.17) is 4.74 Å². The zero-order valence-electron chi connectivity index (χ0n) is 5.29. The van der Waals surface area contributed by atoms with Crippen LogP contribution in [0.5, 0.6) is 0 Å². The van der Waals surface area contributed by atoms with Gasteiger partial charge in [0.05, 0.1) is 12.6 Å². The Kier molecular flexibility index (Phi) is 1.51. The molecule has 0 saturated carbocycles. The van der Waals surface area contributed by atoms with Crippen molar-refractivity contribution in [2.24, 2.45) is 10.9 Å².